The molecule has 1 aromatic carbocycles. The number of carbonyl (C=O) groups is 1. The Morgan fingerprint density at radius 3 is 2.45 bits per heavy atom. The largest absolute Gasteiger partial charge is 0.352 e. The molecule has 112 valence electrons. The molecule has 20 heavy (non-hydrogen) atoms. The van der Waals surface area contributed by atoms with E-state index in [0.29, 0.717) is 12.5 Å². The third kappa shape index (κ3) is 4.63. The molecule has 0 aliphatic rings. The van der Waals surface area contributed by atoms with Crippen molar-refractivity contribution in [3.05, 3.63) is 27.7 Å². The topological polar surface area (TPSA) is 89.3 Å². The molecule has 1 rings (SSSR count). The lowest BCUT2D eigenvalue weighted by molar-refractivity contribution is 0.0952. The van der Waals surface area contributed by atoms with Gasteiger partial charge in [0.25, 0.3) is 5.91 Å². The Morgan fingerprint density at radius 2 is 1.95 bits per heavy atom. The van der Waals surface area contributed by atoms with Crippen molar-refractivity contribution in [2.24, 2.45) is 11.1 Å². The number of hydrogen-bond donors (Lipinski definition) is 2. The number of sulfonamides is 1. The second kappa shape index (κ2) is 6.76. The van der Waals surface area contributed by atoms with Gasteiger partial charge in [0.2, 0.25) is 10.0 Å². The van der Waals surface area contributed by atoms with Crippen molar-refractivity contribution in [1.29, 1.82) is 0 Å². The first-order chi connectivity index (χ1) is 9.12. The van der Waals surface area contributed by atoms with E-state index in [0.717, 1.165) is 12.5 Å². The Balaban J connectivity index is 3.07. The van der Waals surface area contributed by atoms with Gasteiger partial charge in [-0.1, -0.05) is 37.0 Å². The highest BCUT2D eigenvalue weighted by molar-refractivity contribution is 7.89. The number of halogens is 2. The van der Waals surface area contributed by atoms with Crippen LogP contribution < -0.4 is 10.5 Å². The number of carbonyl (C=O) groups excluding carboxylic acids is 1. The van der Waals surface area contributed by atoms with Crippen molar-refractivity contribution < 1.29 is 13.2 Å². The fraction of sp³-hybridized carbons (Fsp3) is 0.417. The summed E-state index contributed by atoms with van der Waals surface area (Å²) in [7, 11) is -4.04. The molecule has 1 amide bonds. The van der Waals surface area contributed by atoms with Crippen LogP contribution in [-0.4, -0.2) is 20.9 Å². The maximum absolute atomic E-state index is 12.0. The summed E-state index contributed by atoms with van der Waals surface area (Å²) in [6.07, 6.45) is 0.798. The molecule has 0 unspecified atom stereocenters. The van der Waals surface area contributed by atoms with Crippen LogP contribution in [0.25, 0.3) is 0 Å². The van der Waals surface area contributed by atoms with E-state index in [9.17, 15) is 13.2 Å². The van der Waals surface area contributed by atoms with Crippen LogP contribution in [0.15, 0.2) is 17.0 Å². The molecule has 5 nitrogen and oxygen atoms in total. The number of benzene rings is 1. The van der Waals surface area contributed by atoms with Crippen molar-refractivity contribution in [2.45, 2.75) is 25.2 Å². The first kappa shape index (κ1) is 17.2. The Hall–Kier alpha value is -0.820. The van der Waals surface area contributed by atoms with Gasteiger partial charge in [0.1, 0.15) is 4.90 Å². The molecule has 8 heteroatoms. The van der Waals surface area contributed by atoms with Gasteiger partial charge in [-0.25, -0.2) is 13.6 Å². The molecule has 0 radical (unpaired) electrons. The highest BCUT2D eigenvalue weighted by Gasteiger charge is 2.21. The molecule has 0 heterocycles. The van der Waals surface area contributed by atoms with Crippen LogP contribution in [0.4, 0.5) is 0 Å². The van der Waals surface area contributed by atoms with E-state index >= 15 is 0 Å². The van der Waals surface area contributed by atoms with Crippen molar-refractivity contribution >= 4 is 39.1 Å². The highest BCUT2D eigenvalue weighted by Crippen LogP contribution is 2.28. The zero-order valence-corrected chi connectivity index (χ0v) is 13.4. The van der Waals surface area contributed by atoms with Gasteiger partial charge in [0.15, 0.2) is 0 Å². The van der Waals surface area contributed by atoms with Crippen molar-refractivity contribution in [3.63, 3.8) is 0 Å². The SMILES string of the molecule is CC(C)CCNC(=O)c1cc(Cl)cc(S(N)(=O)=O)c1Cl. The van der Waals surface area contributed by atoms with E-state index in [1.165, 1.54) is 6.07 Å². The Morgan fingerprint density at radius 1 is 1.35 bits per heavy atom. The molecule has 0 saturated heterocycles. The standard InChI is InChI=1S/C12H16Cl2N2O3S/c1-7(2)3-4-16-12(17)9-5-8(13)6-10(11(9)14)20(15,18)19/h5-7H,3-4H2,1-2H3,(H,16,17)(H2,15,18,19). The minimum absolute atomic E-state index is 0.00746. The maximum Gasteiger partial charge on any atom is 0.252 e. The van der Waals surface area contributed by atoms with Gasteiger partial charge in [0, 0.05) is 11.6 Å². The number of primary sulfonamides is 1. The van der Waals surface area contributed by atoms with Gasteiger partial charge in [-0.2, -0.15) is 0 Å². The predicted molar refractivity (Wildman–Crippen MR) is 79.6 cm³/mol. The lowest BCUT2D eigenvalue weighted by atomic mass is 10.1. The smallest absolute Gasteiger partial charge is 0.252 e. The second-order valence-corrected chi connectivity index (χ2v) is 7.09. The maximum atomic E-state index is 12.0. The first-order valence-corrected chi connectivity index (χ1v) is 8.23. The van der Waals surface area contributed by atoms with Gasteiger partial charge in [-0.15, -0.1) is 0 Å². The third-order valence-corrected chi connectivity index (χ3v) is 4.23. The van der Waals surface area contributed by atoms with E-state index in [2.05, 4.69) is 5.32 Å². The van der Waals surface area contributed by atoms with E-state index in [1.54, 1.807) is 0 Å². The molecule has 3 N–H and O–H groups in total. The molecule has 0 fully saturated rings. The van der Waals surface area contributed by atoms with E-state index < -0.39 is 15.9 Å². The van der Waals surface area contributed by atoms with Gasteiger partial charge in [0.05, 0.1) is 10.6 Å². The molecule has 0 bridgehead atoms. The molecule has 0 saturated carbocycles. The molecule has 0 aliphatic heterocycles. The number of nitrogens with one attached hydrogen (secondary N) is 1. The Bertz CT molecular complexity index is 615. The first-order valence-electron chi connectivity index (χ1n) is 5.93. The van der Waals surface area contributed by atoms with Crippen LogP contribution in [-0.2, 0) is 10.0 Å². The van der Waals surface area contributed by atoms with E-state index in [4.69, 9.17) is 28.3 Å². The van der Waals surface area contributed by atoms with Gasteiger partial charge >= 0.3 is 0 Å². The highest BCUT2D eigenvalue weighted by atomic mass is 35.5. The number of amides is 1. The third-order valence-electron chi connectivity index (χ3n) is 2.56. The fourth-order valence-corrected chi connectivity index (χ4v) is 2.96. The summed E-state index contributed by atoms with van der Waals surface area (Å²) in [4.78, 5) is 11.6. The second-order valence-electron chi connectivity index (χ2n) is 4.75. The average molecular weight is 339 g/mol. The summed E-state index contributed by atoms with van der Waals surface area (Å²) in [5.41, 5.74) is -0.00746. The number of hydrogen-bond acceptors (Lipinski definition) is 3. The monoisotopic (exact) mass is 338 g/mol. The summed E-state index contributed by atoms with van der Waals surface area (Å²) in [6.45, 7) is 4.51. The van der Waals surface area contributed by atoms with Crippen LogP contribution >= 0.6 is 23.2 Å². The van der Waals surface area contributed by atoms with Crippen molar-refractivity contribution in [3.8, 4) is 0 Å². The molecule has 0 spiro atoms. The summed E-state index contributed by atoms with van der Waals surface area (Å²) in [5, 5.41) is 7.55. The summed E-state index contributed by atoms with van der Waals surface area (Å²) >= 11 is 11.7. The molecule has 0 aromatic heterocycles. The van der Waals surface area contributed by atoms with Crippen LogP contribution in [0, 0.1) is 5.92 Å². The van der Waals surface area contributed by atoms with Crippen LogP contribution in [0.5, 0.6) is 0 Å². The van der Waals surface area contributed by atoms with Crippen LogP contribution in [0.1, 0.15) is 30.6 Å². The molecule has 0 atom stereocenters. The lowest BCUT2D eigenvalue weighted by Crippen LogP contribution is -2.26. The molecular weight excluding hydrogens is 323 g/mol. The summed E-state index contributed by atoms with van der Waals surface area (Å²) < 4.78 is 22.8. The predicted octanol–water partition coefficient (Wildman–Crippen LogP) is 2.42. The Kier molecular flexibility index (Phi) is 5.82. The molecular formula is C12H16Cl2N2O3S. The quantitative estimate of drug-likeness (QED) is 0.863. The van der Waals surface area contributed by atoms with E-state index in [1.807, 2.05) is 13.8 Å². The number of nitrogens with two attached hydrogens (primary N) is 1. The van der Waals surface area contributed by atoms with Gasteiger partial charge in [-0.3, -0.25) is 4.79 Å². The van der Waals surface area contributed by atoms with Gasteiger partial charge < -0.3 is 5.32 Å². The Labute approximate surface area is 128 Å². The zero-order valence-electron chi connectivity index (χ0n) is 11.1. The number of rotatable bonds is 5. The van der Waals surface area contributed by atoms with Gasteiger partial charge in [-0.05, 0) is 24.5 Å². The van der Waals surface area contributed by atoms with Crippen molar-refractivity contribution in [2.75, 3.05) is 6.54 Å². The summed E-state index contributed by atoms with van der Waals surface area (Å²) in [6, 6.07) is 2.42. The lowest BCUT2D eigenvalue weighted by Gasteiger charge is -2.11. The zero-order chi connectivity index (χ0) is 15.5. The van der Waals surface area contributed by atoms with E-state index in [-0.39, 0.29) is 20.5 Å². The molecule has 0 aliphatic carbocycles. The van der Waals surface area contributed by atoms with Crippen molar-refractivity contribution in [1.82, 2.24) is 5.32 Å². The minimum atomic E-state index is -4.04. The minimum Gasteiger partial charge on any atom is -0.352 e. The normalized spacial score (nSPS) is 11.7. The molecule has 1 aromatic rings. The average Bonchev–Trinajstić information content (AvgIpc) is 2.29. The fourth-order valence-electron chi connectivity index (χ4n) is 1.51. The van der Waals surface area contributed by atoms with Crippen LogP contribution in [0.3, 0.4) is 0 Å². The van der Waals surface area contributed by atoms with Crippen LogP contribution in [0.2, 0.25) is 10.0 Å². The summed E-state index contributed by atoms with van der Waals surface area (Å²) in [5.74, 6) is -0.0480.